The van der Waals surface area contributed by atoms with E-state index < -0.39 is 0 Å². The summed E-state index contributed by atoms with van der Waals surface area (Å²) in [4.78, 5) is 4.33. The highest BCUT2D eigenvalue weighted by atomic mass is 16.5. The van der Waals surface area contributed by atoms with Crippen LogP contribution in [0, 0.1) is 6.92 Å². The van der Waals surface area contributed by atoms with Crippen LogP contribution in [0.1, 0.15) is 18.9 Å². The molecule has 18 heavy (non-hydrogen) atoms. The molecule has 0 atom stereocenters. The number of aryl methyl sites for hydroxylation is 1. The lowest BCUT2D eigenvalue weighted by molar-refractivity contribution is 0.413. The van der Waals surface area contributed by atoms with Gasteiger partial charge in [-0.15, -0.1) is 0 Å². The Kier molecular flexibility index (Phi) is 3.87. The first-order valence-electron chi connectivity index (χ1n) is 6.18. The summed E-state index contributed by atoms with van der Waals surface area (Å²) in [5.74, 6) is 1.69. The summed E-state index contributed by atoms with van der Waals surface area (Å²) >= 11 is 0. The van der Waals surface area contributed by atoms with Crippen LogP contribution in [0.3, 0.4) is 0 Å². The van der Waals surface area contributed by atoms with Gasteiger partial charge in [0.25, 0.3) is 0 Å². The number of rotatable bonds is 5. The monoisotopic (exact) mass is 245 g/mol. The number of aromatic nitrogens is 2. The van der Waals surface area contributed by atoms with Crippen molar-refractivity contribution < 1.29 is 4.74 Å². The maximum Gasteiger partial charge on any atom is 0.207 e. The fourth-order valence-corrected chi connectivity index (χ4v) is 1.85. The Morgan fingerprint density at radius 3 is 2.94 bits per heavy atom. The minimum Gasteiger partial charge on any atom is -0.495 e. The Balaban J connectivity index is 2.41. The molecule has 96 valence electrons. The molecule has 0 spiro atoms. The van der Waals surface area contributed by atoms with Gasteiger partial charge in [-0.25, -0.2) is 4.98 Å². The van der Waals surface area contributed by atoms with Gasteiger partial charge in [-0.05, 0) is 31.0 Å². The van der Waals surface area contributed by atoms with E-state index in [1.165, 1.54) is 5.56 Å². The second-order valence-corrected chi connectivity index (χ2v) is 4.22. The van der Waals surface area contributed by atoms with Crippen LogP contribution in [0.4, 0.5) is 5.95 Å². The van der Waals surface area contributed by atoms with Crippen LogP contribution in [-0.4, -0.2) is 23.2 Å². The first-order chi connectivity index (χ1) is 8.76. The molecular formula is C14H19N3O. The van der Waals surface area contributed by atoms with Gasteiger partial charge in [0.05, 0.1) is 12.8 Å². The molecule has 0 aliphatic rings. The highest BCUT2D eigenvalue weighted by Crippen LogP contribution is 2.26. The lowest BCUT2D eigenvalue weighted by Gasteiger charge is -2.13. The molecule has 4 nitrogen and oxygen atoms in total. The lowest BCUT2D eigenvalue weighted by Crippen LogP contribution is -2.07. The number of nitrogens with one attached hydrogen (secondary N) is 1. The third kappa shape index (κ3) is 2.47. The summed E-state index contributed by atoms with van der Waals surface area (Å²) in [7, 11) is 1.68. The van der Waals surface area contributed by atoms with E-state index in [0.717, 1.165) is 30.4 Å². The Morgan fingerprint density at radius 1 is 1.39 bits per heavy atom. The summed E-state index contributed by atoms with van der Waals surface area (Å²) in [5.41, 5.74) is 2.20. The van der Waals surface area contributed by atoms with Crippen LogP contribution in [0.25, 0.3) is 5.69 Å². The number of imidazole rings is 1. The molecule has 1 aromatic heterocycles. The van der Waals surface area contributed by atoms with Gasteiger partial charge < -0.3 is 10.1 Å². The van der Waals surface area contributed by atoms with Gasteiger partial charge in [0.2, 0.25) is 5.95 Å². The number of nitrogens with zero attached hydrogens (tertiary/aromatic N) is 2. The van der Waals surface area contributed by atoms with Crippen molar-refractivity contribution in [1.29, 1.82) is 0 Å². The second-order valence-electron chi connectivity index (χ2n) is 4.22. The molecule has 1 heterocycles. The third-order valence-electron chi connectivity index (χ3n) is 2.77. The van der Waals surface area contributed by atoms with Crippen molar-refractivity contribution >= 4 is 5.95 Å². The van der Waals surface area contributed by atoms with Crippen molar-refractivity contribution in [2.45, 2.75) is 20.3 Å². The number of hydrogen-bond acceptors (Lipinski definition) is 3. The summed E-state index contributed by atoms with van der Waals surface area (Å²) in [5, 5.41) is 3.31. The molecule has 0 radical (unpaired) electrons. The zero-order valence-electron chi connectivity index (χ0n) is 11.1. The van der Waals surface area contributed by atoms with E-state index in [9.17, 15) is 0 Å². The number of ether oxygens (including phenoxy) is 1. The normalized spacial score (nSPS) is 10.4. The van der Waals surface area contributed by atoms with E-state index in [0.29, 0.717) is 0 Å². The van der Waals surface area contributed by atoms with Crippen LogP contribution in [-0.2, 0) is 0 Å². The SMILES string of the molecule is CCCNc1nccn1-c1cc(C)ccc1OC. The maximum atomic E-state index is 5.41. The van der Waals surface area contributed by atoms with E-state index in [-0.39, 0.29) is 0 Å². The molecule has 0 aliphatic carbocycles. The fraction of sp³-hybridized carbons (Fsp3) is 0.357. The highest BCUT2D eigenvalue weighted by molar-refractivity contribution is 5.53. The number of hydrogen-bond donors (Lipinski definition) is 1. The number of anilines is 1. The van der Waals surface area contributed by atoms with Gasteiger partial charge in [0.1, 0.15) is 5.75 Å². The van der Waals surface area contributed by atoms with Crippen LogP contribution in [0.15, 0.2) is 30.6 Å². The lowest BCUT2D eigenvalue weighted by atomic mass is 10.2. The quantitative estimate of drug-likeness (QED) is 0.880. The van der Waals surface area contributed by atoms with Gasteiger partial charge in [-0.3, -0.25) is 4.57 Å². The Labute approximate surface area is 108 Å². The first kappa shape index (κ1) is 12.5. The molecule has 0 unspecified atom stereocenters. The van der Waals surface area contributed by atoms with Crippen molar-refractivity contribution in [3.63, 3.8) is 0 Å². The molecule has 2 rings (SSSR count). The zero-order valence-corrected chi connectivity index (χ0v) is 11.1. The molecule has 1 N–H and O–H groups in total. The minimum absolute atomic E-state index is 0.846. The van der Waals surface area contributed by atoms with E-state index in [1.807, 2.05) is 22.9 Å². The molecule has 0 fully saturated rings. The van der Waals surface area contributed by atoms with Crippen molar-refractivity contribution in [3.05, 3.63) is 36.2 Å². The molecule has 0 aliphatic heterocycles. The topological polar surface area (TPSA) is 39.1 Å². The molecule has 0 saturated carbocycles. The Bertz CT molecular complexity index is 520. The van der Waals surface area contributed by atoms with Gasteiger partial charge in [-0.2, -0.15) is 0 Å². The van der Waals surface area contributed by atoms with Crippen LogP contribution < -0.4 is 10.1 Å². The predicted molar refractivity (Wildman–Crippen MR) is 73.6 cm³/mol. The minimum atomic E-state index is 0.846. The Morgan fingerprint density at radius 2 is 2.22 bits per heavy atom. The van der Waals surface area contributed by atoms with Gasteiger partial charge >= 0.3 is 0 Å². The van der Waals surface area contributed by atoms with Crippen molar-refractivity contribution in [2.24, 2.45) is 0 Å². The van der Waals surface area contributed by atoms with Crippen LogP contribution in [0.5, 0.6) is 5.75 Å². The fourth-order valence-electron chi connectivity index (χ4n) is 1.85. The smallest absolute Gasteiger partial charge is 0.207 e. The van der Waals surface area contributed by atoms with E-state index in [1.54, 1.807) is 13.3 Å². The van der Waals surface area contributed by atoms with Gasteiger partial charge in [0.15, 0.2) is 0 Å². The van der Waals surface area contributed by atoms with Crippen molar-refractivity contribution in [3.8, 4) is 11.4 Å². The summed E-state index contributed by atoms with van der Waals surface area (Å²) in [6.45, 7) is 5.11. The van der Waals surface area contributed by atoms with E-state index in [4.69, 9.17) is 4.74 Å². The average Bonchev–Trinajstić information content (AvgIpc) is 2.84. The summed E-state index contributed by atoms with van der Waals surface area (Å²) in [6.07, 6.45) is 4.80. The van der Waals surface area contributed by atoms with Crippen LogP contribution in [0.2, 0.25) is 0 Å². The van der Waals surface area contributed by atoms with Crippen LogP contribution >= 0.6 is 0 Å². The molecule has 0 amide bonds. The van der Waals surface area contributed by atoms with Gasteiger partial charge in [-0.1, -0.05) is 13.0 Å². The maximum absolute atomic E-state index is 5.41. The molecular weight excluding hydrogens is 226 g/mol. The Hall–Kier alpha value is -1.97. The molecule has 0 bridgehead atoms. The molecule has 1 aromatic carbocycles. The van der Waals surface area contributed by atoms with Crippen molar-refractivity contribution in [2.75, 3.05) is 19.0 Å². The van der Waals surface area contributed by atoms with Crippen molar-refractivity contribution in [1.82, 2.24) is 9.55 Å². The van der Waals surface area contributed by atoms with E-state index >= 15 is 0 Å². The van der Waals surface area contributed by atoms with E-state index in [2.05, 4.69) is 30.2 Å². The molecule has 0 saturated heterocycles. The first-order valence-corrected chi connectivity index (χ1v) is 6.18. The second kappa shape index (κ2) is 5.58. The molecule has 2 aromatic rings. The number of methoxy groups -OCH3 is 1. The largest absolute Gasteiger partial charge is 0.495 e. The molecule has 4 heteroatoms. The summed E-state index contributed by atoms with van der Waals surface area (Å²) in [6, 6.07) is 6.12. The van der Waals surface area contributed by atoms with Gasteiger partial charge in [0, 0.05) is 18.9 Å². The average molecular weight is 245 g/mol. The third-order valence-corrected chi connectivity index (χ3v) is 2.77. The zero-order chi connectivity index (χ0) is 13.0. The summed E-state index contributed by atoms with van der Waals surface area (Å²) < 4.78 is 7.42. The highest BCUT2D eigenvalue weighted by Gasteiger charge is 2.09. The number of benzene rings is 1. The standard InChI is InChI=1S/C14H19N3O/c1-4-7-15-14-16-8-9-17(14)12-10-11(2)5-6-13(12)18-3/h5-6,8-10H,4,7H2,1-3H3,(H,15,16). The predicted octanol–water partition coefficient (Wildman–Crippen LogP) is 3.01.